The van der Waals surface area contributed by atoms with Crippen LogP contribution >= 0.6 is 11.6 Å². The molecule has 0 aliphatic heterocycles. The number of hydrogen-bond donors (Lipinski definition) is 1. The normalized spacial score (nSPS) is 12.6. The summed E-state index contributed by atoms with van der Waals surface area (Å²) in [6.07, 6.45) is 3.50. The lowest BCUT2D eigenvalue weighted by Gasteiger charge is -2.14. The first kappa shape index (κ1) is 14.1. The fourth-order valence-corrected chi connectivity index (χ4v) is 2.60. The largest absolute Gasteiger partial charge is 0.323 e. The predicted octanol–water partition coefficient (Wildman–Crippen LogP) is 3.50. The zero-order valence-corrected chi connectivity index (χ0v) is 12.2. The minimum absolute atomic E-state index is 0.0736. The van der Waals surface area contributed by atoms with Gasteiger partial charge in [-0.25, -0.2) is 0 Å². The van der Waals surface area contributed by atoms with Crippen molar-refractivity contribution in [3.8, 4) is 0 Å². The maximum atomic E-state index is 6.26. The molecule has 2 aromatic rings. The fourth-order valence-electron chi connectivity index (χ4n) is 2.32. The molecule has 0 aliphatic rings. The summed E-state index contributed by atoms with van der Waals surface area (Å²) in [4.78, 5) is 0. The zero-order valence-electron chi connectivity index (χ0n) is 11.4. The van der Waals surface area contributed by atoms with E-state index >= 15 is 0 Å². The van der Waals surface area contributed by atoms with Crippen molar-refractivity contribution < 1.29 is 0 Å². The van der Waals surface area contributed by atoms with Crippen molar-refractivity contribution >= 4 is 11.6 Å². The molecule has 1 unspecified atom stereocenters. The number of hydrogen-bond acceptors (Lipinski definition) is 2. The van der Waals surface area contributed by atoms with Gasteiger partial charge in [-0.2, -0.15) is 5.10 Å². The molecule has 1 heterocycles. The molecular formula is C15H20ClN3. The number of aryl methyl sites for hydroxylation is 3. The molecule has 0 amide bonds. The van der Waals surface area contributed by atoms with Crippen molar-refractivity contribution in [2.75, 3.05) is 0 Å². The zero-order chi connectivity index (χ0) is 13.8. The lowest BCUT2D eigenvalue weighted by molar-refractivity contribution is 0.547. The van der Waals surface area contributed by atoms with Crippen LogP contribution in [0.3, 0.4) is 0 Å². The van der Waals surface area contributed by atoms with Crippen molar-refractivity contribution in [1.82, 2.24) is 9.78 Å². The number of benzene rings is 1. The summed E-state index contributed by atoms with van der Waals surface area (Å²) >= 11 is 6.16. The molecule has 0 spiro atoms. The third-order valence-corrected chi connectivity index (χ3v) is 3.60. The van der Waals surface area contributed by atoms with Crippen LogP contribution in [0.2, 0.25) is 5.02 Å². The molecule has 2 rings (SSSR count). The molecule has 0 saturated heterocycles. The summed E-state index contributed by atoms with van der Waals surface area (Å²) < 4.78 is 1.88. The number of nitrogens with zero attached hydrogens (tertiary/aromatic N) is 2. The number of aromatic nitrogens is 2. The lowest BCUT2D eigenvalue weighted by Crippen LogP contribution is -2.17. The predicted molar refractivity (Wildman–Crippen MR) is 79.3 cm³/mol. The summed E-state index contributed by atoms with van der Waals surface area (Å²) in [5.74, 6) is 0. The van der Waals surface area contributed by atoms with Gasteiger partial charge in [0.15, 0.2) is 0 Å². The van der Waals surface area contributed by atoms with Gasteiger partial charge in [0, 0.05) is 12.6 Å². The highest BCUT2D eigenvalue weighted by atomic mass is 35.5. The van der Waals surface area contributed by atoms with Crippen molar-refractivity contribution in [2.45, 2.75) is 39.3 Å². The minimum Gasteiger partial charge on any atom is -0.323 e. The first-order valence-electron chi connectivity index (χ1n) is 6.64. The second-order valence-electron chi connectivity index (χ2n) is 4.83. The van der Waals surface area contributed by atoms with Gasteiger partial charge >= 0.3 is 0 Å². The van der Waals surface area contributed by atoms with E-state index in [4.69, 9.17) is 17.3 Å². The molecule has 1 aromatic heterocycles. The molecule has 0 radical (unpaired) electrons. The van der Waals surface area contributed by atoms with Gasteiger partial charge in [-0.15, -0.1) is 0 Å². The van der Waals surface area contributed by atoms with Crippen LogP contribution < -0.4 is 5.73 Å². The van der Waals surface area contributed by atoms with Crippen LogP contribution in [0.1, 0.15) is 36.2 Å². The average Bonchev–Trinajstić information content (AvgIpc) is 2.77. The van der Waals surface area contributed by atoms with E-state index in [1.807, 2.05) is 11.6 Å². The Balaban J connectivity index is 2.05. The Morgan fingerprint density at radius 2 is 2.21 bits per heavy atom. The maximum Gasteiger partial charge on any atom is 0.0834 e. The highest BCUT2D eigenvalue weighted by Crippen LogP contribution is 2.24. The number of halogens is 1. The minimum atomic E-state index is -0.0736. The Kier molecular flexibility index (Phi) is 4.61. The topological polar surface area (TPSA) is 43.8 Å². The van der Waals surface area contributed by atoms with E-state index in [1.165, 1.54) is 11.1 Å². The standard InChI is InChI=1S/C15H20ClN3/c1-3-19-15(13(16)10-18-19)14(17)8-7-12-6-4-5-11(2)9-12/h4-6,9-10,14H,3,7-8,17H2,1-2H3. The van der Waals surface area contributed by atoms with E-state index in [1.54, 1.807) is 6.20 Å². The third kappa shape index (κ3) is 3.37. The molecule has 0 aliphatic carbocycles. The van der Waals surface area contributed by atoms with Crippen molar-refractivity contribution in [3.63, 3.8) is 0 Å². The van der Waals surface area contributed by atoms with E-state index < -0.39 is 0 Å². The quantitative estimate of drug-likeness (QED) is 0.909. The van der Waals surface area contributed by atoms with Crippen molar-refractivity contribution in [3.05, 3.63) is 52.3 Å². The van der Waals surface area contributed by atoms with Crippen LogP contribution in [0.15, 0.2) is 30.5 Å². The summed E-state index contributed by atoms with van der Waals surface area (Å²) in [5.41, 5.74) is 9.79. The lowest BCUT2D eigenvalue weighted by atomic mass is 10.0. The van der Waals surface area contributed by atoms with Gasteiger partial charge in [0.25, 0.3) is 0 Å². The first-order chi connectivity index (χ1) is 9.11. The van der Waals surface area contributed by atoms with E-state index in [0.29, 0.717) is 5.02 Å². The molecule has 4 heteroatoms. The number of nitrogens with two attached hydrogens (primary N) is 1. The van der Waals surface area contributed by atoms with Gasteiger partial charge in [0.05, 0.1) is 16.9 Å². The summed E-state index contributed by atoms with van der Waals surface area (Å²) in [6.45, 7) is 4.94. The highest BCUT2D eigenvalue weighted by molar-refractivity contribution is 6.31. The van der Waals surface area contributed by atoms with E-state index in [0.717, 1.165) is 25.1 Å². The Morgan fingerprint density at radius 1 is 1.42 bits per heavy atom. The van der Waals surface area contributed by atoms with Gasteiger partial charge in [-0.1, -0.05) is 41.4 Å². The number of rotatable bonds is 5. The molecule has 2 N–H and O–H groups in total. The summed E-state index contributed by atoms with van der Waals surface area (Å²) in [5, 5.41) is 4.89. The van der Waals surface area contributed by atoms with Gasteiger partial charge in [-0.3, -0.25) is 4.68 Å². The molecule has 0 saturated carbocycles. The van der Waals surface area contributed by atoms with E-state index in [9.17, 15) is 0 Å². The molecule has 19 heavy (non-hydrogen) atoms. The maximum absolute atomic E-state index is 6.26. The summed E-state index contributed by atoms with van der Waals surface area (Å²) in [7, 11) is 0. The second kappa shape index (κ2) is 6.22. The molecule has 3 nitrogen and oxygen atoms in total. The van der Waals surface area contributed by atoms with Crippen LogP contribution in [0.5, 0.6) is 0 Å². The third-order valence-electron chi connectivity index (χ3n) is 3.31. The van der Waals surface area contributed by atoms with Gasteiger partial charge in [0.1, 0.15) is 0 Å². The van der Waals surface area contributed by atoms with Gasteiger partial charge in [0.2, 0.25) is 0 Å². The average molecular weight is 278 g/mol. The van der Waals surface area contributed by atoms with Crippen molar-refractivity contribution in [1.29, 1.82) is 0 Å². The Morgan fingerprint density at radius 3 is 2.89 bits per heavy atom. The Labute approximate surface area is 119 Å². The van der Waals surface area contributed by atoms with Gasteiger partial charge in [-0.05, 0) is 32.3 Å². The van der Waals surface area contributed by atoms with E-state index in [-0.39, 0.29) is 6.04 Å². The molecule has 0 fully saturated rings. The van der Waals surface area contributed by atoms with Crippen molar-refractivity contribution in [2.24, 2.45) is 5.73 Å². The van der Waals surface area contributed by atoms with Crippen LogP contribution in [0.25, 0.3) is 0 Å². The van der Waals surface area contributed by atoms with Crippen LogP contribution in [-0.4, -0.2) is 9.78 Å². The SMILES string of the molecule is CCn1ncc(Cl)c1C(N)CCc1cccc(C)c1. The fraction of sp³-hybridized carbons (Fsp3) is 0.400. The van der Waals surface area contributed by atoms with Crippen LogP contribution in [0.4, 0.5) is 0 Å². The molecular weight excluding hydrogens is 258 g/mol. The second-order valence-corrected chi connectivity index (χ2v) is 5.23. The van der Waals surface area contributed by atoms with E-state index in [2.05, 4.69) is 36.3 Å². The van der Waals surface area contributed by atoms with Crippen LogP contribution in [0, 0.1) is 6.92 Å². The summed E-state index contributed by atoms with van der Waals surface area (Å²) in [6, 6.07) is 8.45. The van der Waals surface area contributed by atoms with Crippen LogP contribution in [-0.2, 0) is 13.0 Å². The van der Waals surface area contributed by atoms with Gasteiger partial charge < -0.3 is 5.73 Å². The highest BCUT2D eigenvalue weighted by Gasteiger charge is 2.16. The smallest absolute Gasteiger partial charge is 0.0834 e. The molecule has 1 aromatic carbocycles. The molecule has 102 valence electrons. The molecule has 0 bridgehead atoms. The monoisotopic (exact) mass is 277 g/mol. The Bertz CT molecular complexity index is 548. The Hall–Kier alpha value is -1.32. The molecule has 1 atom stereocenters. The first-order valence-corrected chi connectivity index (χ1v) is 7.02.